The molecule has 4 heteroatoms. The van der Waals surface area contributed by atoms with E-state index in [1.54, 1.807) is 12.1 Å². The fourth-order valence-electron chi connectivity index (χ4n) is 2.57. The van der Waals surface area contributed by atoms with Crippen LogP contribution in [-0.4, -0.2) is 24.0 Å². The van der Waals surface area contributed by atoms with Gasteiger partial charge in [-0.2, -0.15) is 0 Å². The van der Waals surface area contributed by atoms with Crippen molar-refractivity contribution in [1.82, 2.24) is 4.90 Å². The van der Waals surface area contributed by atoms with Crippen LogP contribution in [0.15, 0.2) is 24.3 Å². The van der Waals surface area contributed by atoms with Crippen molar-refractivity contribution in [1.29, 1.82) is 0 Å². The van der Waals surface area contributed by atoms with Gasteiger partial charge in [-0.1, -0.05) is 6.92 Å². The van der Waals surface area contributed by atoms with Gasteiger partial charge in [0.05, 0.1) is 0 Å². The molecule has 1 aliphatic rings. The first-order valence-corrected chi connectivity index (χ1v) is 6.95. The number of hydrogen-bond donors (Lipinski definition) is 2. The summed E-state index contributed by atoms with van der Waals surface area (Å²) < 4.78 is 0. The van der Waals surface area contributed by atoms with E-state index < -0.39 is 0 Å². The maximum absolute atomic E-state index is 12.2. The number of nitrogens with zero attached hydrogens (tertiary/aromatic N) is 1. The lowest BCUT2D eigenvalue weighted by Crippen LogP contribution is -2.41. The zero-order valence-electron chi connectivity index (χ0n) is 11.7. The maximum atomic E-state index is 12.2. The molecule has 0 radical (unpaired) electrons. The van der Waals surface area contributed by atoms with Crippen LogP contribution in [0.25, 0.3) is 0 Å². The number of rotatable bonds is 2. The Labute approximate surface area is 115 Å². The highest BCUT2D eigenvalue weighted by Crippen LogP contribution is 2.26. The number of nitrogens with one attached hydrogen (secondary N) is 1. The summed E-state index contributed by atoms with van der Waals surface area (Å²) in [6.45, 7) is 2.28. The number of hydrogen-bond acceptors (Lipinski definition) is 2. The molecule has 1 fully saturated rings. The first-order chi connectivity index (χ1) is 9.06. The first-order valence-electron chi connectivity index (χ1n) is 6.95. The van der Waals surface area contributed by atoms with Crippen LogP contribution in [0.2, 0.25) is 0 Å². The number of anilines is 2. The minimum absolute atomic E-state index is 0.0377. The third-order valence-electron chi connectivity index (χ3n) is 4.02. The van der Waals surface area contributed by atoms with E-state index in [0.717, 1.165) is 24.4 Å². The van der Waals surface area contributed by atoms with Crippen molar-refractivity contribution in [2.75, 3.05) is 18.1 Å². The molecule has 4 nitrogen and oxygen atoms in total. The highest BCUT2D eigenvalue weighted by Gasteiger charge is 2.24. The molecule has 1 aromatic rings. The Morgan fingerprint density at radius 3 is 2.37 bits per heavy atom. The van der Waals surface area contributed by atoms with E-state index >= 15 is 0 Å². The molecule has 1 aromatic carbocycles. The van der Waals surface area contributed by atoms with Crippen molar-refractivity contribution in [2.45, 2.75) is 38.6 Å². The molecule has 2 amide bonds. The fourth-order valence-corrected chi connectivity index (χ4v) is 2.57. The molecule has 0 aliphatic heterocycles. The Bertz CT molecular complexity index is 422. The van der Waals surface area contributed by atoms with Crippen molar-refractivity contribution in [3.63, 3.8) is 0 Å². The number of carbonyl (C=O) groups is 1. The SMILES string of the molecule is CC1CCC(N(C)C(=O)Nc2ccc(N)cc2)CC1. The van der Waals surface area contributed by atoms with Crippen molar-refractivity contribution in [2.24, 2.45) is 5.92 Å². The number of carbonyl (C=O) groups excluding carboxylic acids is 1. The molecule has 0 saturated heterocycles. The monoisotopic (exact) mass is 261 g/mol. The smallest absolute Gasteiger partial charge is 0.321 e. The number of amides is 2. The molecule has 0 atom stereocenters. The number of benzene rings is 1. The second kappa shape index (κ2) is 5.95. The van der Waals surface area contributed by atoms with E-state index in [4.69, 9.17) is 5.73 Å². The summed E-state index contributed by atoms with van der Waals surface area (Å²) in [6, 6.07) is 7.55. The van der Waals surface area contributed by atoms with Gasteiger partial charge < -0.3 is 16.0 Å². The van der Waals surface area contributed by atoms with Gasteiger partial charge >= 0.3 is 6.03 Å². The molecule has 1 aliphatic carbocycles. The second-order valence-corrected chi connectivity index (χ2v) is 5.58. The number of nitrogen functional groups attached to an aromatic ring is 1. The quantitative estimate of drug-likeness (QED) is 0.802. The fraction of sp³-hybridized carbons (Fsp3) is 0.533. The summed E-state index contributed by atoms with van der Waals surface area (Å²) in [6.07, 6.45) is 4.63. The predicted molar refractivity (Wildman–Crippen MR) is 79.1 cm³/mol. The van der Waals surface area contributed by atoms with Crippen LogP contribution in [-0.2, 0) is 0 Å². The third-order valence-corrected chi connectivity index (χ3v) is 4.02. The first kappa shape index (κ1) is 13.7. The van der Waals surface area contributed by atoms with Crippen LogP contribution in [0.3, 0.4) is 0 Å². The maximum Gasteiger partial charge on any atom is 0.321 e. The van der Waals surface area contributed by atoms with Gasteiger partial charge in [-0.15, -0.1) is 0 Å². The zero-order chi connectivity index (χ0) is 13.8. The van der Waals surface area contributed by atoms with Gasteiger partial charge in [0.2, 0.25) is 0 Å². The van der Waals surface area contributed by atoms with E-state index in [2.05, 4.69) is 12.2 Å². The summed E-state index contributed by atoms with van der Waals surface area (Å²) in [5.74, 6) is 0.796. The largest absolute Gasteiger partial charge is 0.399 e. The Hall–Kier alpha value is -1.71. The zero-order valence-corrected chi connectivity index (χ0v) is 11.7. The average molecular weight is 261 g/mol. The van der Waals surface area contributed by atoms with Gasteiger partial charge in [0.25, 0.3) is 0 Å². The van der Waals surface area contributed by atoms with E-state index in [-0.39, 0.29) is 6.03 Å². The van der Waals surface area contributed by atoms with Crippen LogP contribution in [0.1, 0.15) is 32.6 Å². The van der Waals surface area contributed by atoms with Crippen LogP contribution in [0.5, 0.6) is 0 Å². The molecule has 104 valence electrons. The van der Waals surface area contributed by atoms with Gasteiger partial charge in [-0.3, -0.25) is 0 Å². The molecule has 0 bridgehead atoms. The minimum atomic E-state index is -0.0377. The standard InChI is InChI=1S/C15H23N3O/c1-11-3-9-14(10-4-11)18(2)15(19)17-13-7-5-12(16)6-8-13/h5-8,11,14H,3-4,9-10,16H2,1-2H3,(H,17,19). The van der Waals surface area contributed by atoms with E-state index in [0.29, 0.717) is 11.7 Å². The molecular weight excluding hydrogens is 238 g/mol. The molecule has 1 saturated carbocycles. The van der Waals surface area contributed by atoms with Crippen molar-refractivity contribution in [3.8, 4) is 0 Å². The molecule has 0 aromatic heterocycles. The third kappa shape index (κ3) is 3.63. The minimum Gasteiger partial charge on any atom is -0.399 e. The van der Waals surface area contributed by atoms with Crippen molar-refractivity contribution in [3.05, 3.63) is 24.3 Å². The molecular formula is C15H23N3O. The van der Waals surface area contributed by atoms with Crippen LogP contribution >= 0.6 is 0 Å². The highest BCUT2D eigenvalue weighted by atomic mass is 16.2. The van der Waals surface area contributed by atoms with Crippen LogP contribution < -0.4 is 11.1 Å². The van der Waals surface area contributed by atoms with E-state index in [1.807, 2.05) is 24.1 Å². The molecule has 2 rings (SSSR count). The molecule has 3 N–H and O–H groups in total. The van der Waals surface area contributed by atoms with Gasteiger partial charge in [-0.25, -0.2) is 4.79 Å². The van der Waals surface area contributed by atoms with Gasteiger partial charge in [0.15, 0.2) is 0 Å². The normalized spacial score (nSPS) is 22.8. The van der Waals surface area contributed by atoms with Crippen LogP contribution in [0.4, 0.5) is 16.2 Å². The lowest BCUT2D eigenvalue weighted by molar-refractivity contribution is 0.175. The summed E-state index contributed by atoms with van der Waals surface area (Å²) in [5.41, 5.74) is 7.11. The summed E-state index contributed by atoms with van der Waals surface area (Å²) >= 11 is 0. The van der Waals surface area contributed by atoms with Gasteiger partial charge in [-0.05, 0) is 55.9 Å². The highest BCUT2D eigenvalue weighted by molar-refractivity contribution is 5.89. The van der Waals surface area contributed by atoms with Gasteiger partial charge in [0, 0.05) is 24.5 Å². The second-order valence-electron chi connectivity index (χ2n) is 5.58. The Morgan fingerprint density at radius 2 is 1.79 bits per heavy atom. The Balaban J connectivity index is 1.90. The summed E-state index contributed by atoms with van der Waals surface area (Å²) in [4.78, 5) is 14.0. The van der Waals surface area contributed by atoms with Crippen molar-refractivity contribution >= 4 is 17.4 Å². The van der Waals surface area contributed by atoms with Crippen molar-refractivity contribution < 1.29 is 4.79 Å². The molecule has 0 heterocycles. The molecule has 0 spiro atoms. The Kier molecular flexibility index (Phi) is 4.30. The summed E-state index contributed by atoms with van der Waals surface area (Å²) in [7, 11) is 1.88. The number of urea groups is 1. The molecule has 0 unspecified atom stereocenters. The van der Waals surface area contributed by atoms with E-state index in [9.17, 15) is 4.79 Å². The average Bonchev–Trinajstić information content (AvgIpc) is 2.41. The molecule has 19 heavy (non-hydrogen) atoms. The number of nitrogens with two attached hydrogens (primary N) is 1. The van der Waals surface area contributed by atoms with Gasteiger partial charge in [0.1, 0.15) is 0 Å². The van der Waals surface area contributed by atoms with E-state index in [1.165, 1.54) is 12.8 Å². The lowest BCUT2D eigenvalue weighted by Gasteiger charge is -2.33. The van der Waals surface area contributed by atoms with Crippen LogP contribution in [0, 0.1) is 5.92 Å². The summed E-state index contributed by atoms with van der Waals surface area (Å²) in [5, 5.41) is 2.91. The lowest BCUT2D eigenvalue weighted by atomic mass is 9.87. The predicted octanol–water partition coefficient (Wildman–Crippen LogP) is 3.31. The Morgan fingerprint density at radius 1 is 1.21 bits per heavy atom. The topological polar surface area (TPSA) is 58.4 Å².